The van der Waals surface area contributed by atoms with Gasteiger partial charge >= 0.3 is 6.09 Å². The smallest absolute Gasteiger partial charge is 0.426 e. The highest BCUT2D eigenvalue weighted by Crippen LogP contribution is 2.42. The van der Waals surface area contributed by atoms with Crippen molar-refractivity contribution < 1.29 is 9.53 Å². The van der Waals surface area contributed by atoms with Crippen LogP contribution >= 0.6 is 0 Å². The van der Waals surface area contributed by atoms with Crippen LogP contribution in [0.15, 0.2) is 104 Å². The first kappa shape index (κ1) is 24.0. The summed E-state index contributed by atoms with van der Waals surface area (Å²) < 4.78 is 7.38. The van der Waals surface area contributed by atoms with E-state index in [1.54, 1.807) is 27.1 Å². The van der Waals surface area contributed by atoms with Crippen LogP contribution < -0.4 is 10.9 Å². The number of carbonyl (C=O) groups excluding carboxylic acids is 1. The molecule has 2 heterocycles. The fraction of sp³-hybridized carbons (Fsp3) is 0.172. The zero-order valence-electron chi connectivity index (χ0n) is 20.9. The lowest BCUT2D eigenvalue weighted by atomic mass is 9.76. The second-order valence-corrected chi connectivity index (χ2v) is 9.57. The second-order valence-electron chi connectivity index (χ2n) is 9.57. The predicted octanol–water partition coefficient (Wildman–Crippen LogP) is 5.52. The van der Waals surface area contributed by atoms with Gasteiger partial charge in [0.05, 0.1) is 6.33 Å². The summed E-state index contributed by atoms with van der Waals surface area (Å²) in [5, 5.41) is 0. The number of hydrazine groups is 1. The largest absolute Gasteiger partial charge is 0.443 e. The van der Waals surface area contributed by atoms with Gasteiger partial charge in [0.15, 0.2) is 17.0 Å². The van der Waals surface area contributed by atoms with Gasteiger partial charge in [-0.05, 0) is 37.5 Å². The molecule has 0 spiro atoms. The molecule has 0 saturated carbocycles. The summed E-state index contributed by atoms with van der Waals surface area (Å²) in [6.07, 6.45) is 2.60. The Morgan fingerprint density at radius 3 is 1.76 bits per heavy atom. The molecule has 5 rings (SSSR count). The molecule has 0 bridgehead atoms. The molecule has 0 aliphatic rings. The maximum atomic E-state index is 12.2. The number of aromatic nitrogens is 4. The number of imidazole rings is 1. The minimum Gasteiger partial charge on any atom is -0.443 e. The van der Waals surface area contributed by atoms with Gasteiger partial charge < -0.3 is 4.74 Å². The van der Waals surface area contributed by atoms with Crippen LogP contribution in [-0.2, 0) is 10.3 Å². The maximum absolute atomic E-state index is 12.2. The van der Waals surface area contributed by atoms with Crippen molar-refractivity contribution in [2.75, 3.05) is 5.43 Å². The monoisotopic (exact) mass is 492 g/mol. The summed E-state index contributed by atoms with van der Waals surface area (Å²) in [4.78, 5) is 25.9. The van der Waals surface area contributed by atoms with E-state index in [1.165, 1.54) is 6.33 Å². The Labute approximate surface area is 215 Å². The number of anilines is 1. The minimum atomic E-state index is -0.775. The fourth-order valence-electron chi connectivity index (χ4n) is 4.54. The number of hydrogen-bond donors (Lipinski definition) is 2. The molecular weight excluding hydrogens is 464 g/mol. The van der Waals surface area contributed by atoms with E-state index in [-0.39, 0.29) is 0 Å². The van der Waals surface area contributed by atoms with E-state index in [4.69, 9.17) is 9.72 Å². The molecule has 2 N–H and O–H groups in total. The number of nitrogens with one attached hydrogen (secondary N) is 2. The molecule has 1 amide bonds. The second kappa shape index (κ2) is 9.73. The lowest BCUT2D eigenvalue weighted by Crippen LogP contribution is -2.37. The highest BCUT2D eigenvalue weighted by molar-refractivity contribution is 5.84. The van der Waals surface area contributed by atoms with Gasteiger partial charge in [0, 0.05) is 0 Å². The Morgan fingerprint density at radius 1 is 0.757 bits per heavy atom. The van der Waals surface area contributed by atoms with Gasteiger partial charge in [-0.3, -0.25) is 9.99 Å². The third-order valence-corrected chi connectivity index (χ3v) is 5.95. The summed E-state index contributed by atoms with van der Waals surface area (Å²) in [7, 11) is 0. The lowest BCUT2D eigenvalue weighted by Gasteiger charge is -2.37. The number of amides is 1. The third kappa shape index (κ3) is 4.61. The van der Waals surface area contributed by atoms with Gasteiger partial charge in [0.1, 0.15) is 17.5 Å². The molecule has 3 aromatic carbocycles. The van der Waals surface area contributed by atoms with Crippen LogP contribution in [0.4, 0.5) is 10.6 Å². The Kier molecular flexibility index (Phi) is 6.31. The van der Waals surface area contributed by atoms with Crippen molar-refractivity contribution >= 4 is 23.1 Å². The number of carbonyl (C=O) groups is 1. The number of benzene rings is 3. The Hall–Kier alpha value is -4.72. The summed E-state index contributed by atoms with van der Waals surface area (Å²) in [6, 6.07) is 30.8. The molecule has 2 aromatic heterocycles. The van der Waals surface area contributed by atoms with Gasteiger partial charge in [0.25, 0.3) is 0 Å². The van der Waals surface area contributed by atoms with Crippen LogP contribution in [0.25, 0.3) is 11.2 Å². The number of hydrogen-bond acceptors (Lipinski definition) is 6. The van der Waals surface area contributed by atoms with Crippen LogP contribution in [0.2, 0.25) is 0 Å². The summed E-state index contributed by atoms with van der Waals surface area (Å²) in [5.74, 6) is 0.359. The SMILES string of the molecule is CC(C)(C)OC(=O)NNc1ncnc2c1ncn2C(c1ccccc1)(c1ccccc1)c1ccccc1. The first-order chi connectivity index (χ1) is 17.9. The van der Waals surface area contributed by atoms with Crippen LogP contribution in [0.3, 0.4) is 0 Å². The quantitative estimate of drug-likeness (QED) is 0.240. The van der Waals surface area contributed by atoms with Crippen LogP contribution in [-0.4, -0.2) is 31.2 Å². The summed E-state index contributed by atoms with van der Waals surface area (Å²) in [5.41, 5.74) is 8.22. The van der Waals surface area contributed by atoms with Crippen molar-refractivity contribution in [2.24, 2.45) is 0 Å². The van der Waals surface area contributed by atoms with Crippen molar-refractivity contribution in [3.63, 3.8) is 0 Å². The van der Waals surface area contributed by atoms with E-state index in [0.29, 0.717) is 17.0 Å². The van der Waals surface area contributed by atoms with Gasteiger partial charge in [0.2, 0.25) is 0 Å². The maximum Gasteiger partial charge on any atom is 0.426 e. The van der Waals surface area contributed by atoms with Crippen molar-refractivity contribution in [2.45, 2.75) is 31.9 Å². The van der Waals surface area contributed by atoms with Crippen LogP contribution in [0.1, 0.15) is 37.5 Å². The summed E-state index contributed by atoms with van der Waals surface area (Å²) in [6.45, 7) is 5.40. The highest BCUT2D eigenvalue weighted by Gasteiger charge is 2.40. The van der Waals surface area contributed by atoms with E-state index in [9.17, 15) is 4.79 Å². The Balaban J connectivity index is 1.70. The molecule has 5 aromatic rings. The van der Waals surface area contributed by atoms with E-state index in [1.807, 2.05) is 54.6 Å². The average Bonchev–Trinajstić information content (AvgIpc) is 3.34. The minimum absolute atomic E-state index is 0.359. The Morgan fingerprint density at radius 2 is 1.27 bits per heavy atom. The zero-order valence-corrected chi connectivity index (χ0v) is 20.9. The first-order valence-corrected chi connectivity index (χ1v) is 12.0. The van der Waals surface area contributed by atoms with Crippen molar-refractivity contribution in [3.8, 4) is 0 Å². The number of fused-ring (bicyclic) bond motifs is 1. The van der Waals surface area contributed by atoms with Crippen molar-refractivity contribution in [3.05, 3.63) is 120 Å². The van der Waals surface area contributed by atoms with Gasteiger partial charge in [-0.25, -0.2) is 25.2 Å². The molecule has 0 aliphatic carbocycles. The normalized spacial score (nSPS) is 11.8. The van der Waals surface area contributed by atoms with Crippen molar-refractivity contribution in [1.29, 1.82) is 0 Å². The van der Waals surface area contributed by atoms with Crippen LogP contribution in [0, 0.1) is 0 Å². The molecule has 0 aliphatic heterocycles. The third-order valence-electron chi connectivity index (χ3n) is 5.95. The topological polar surface area (TPSA) is 94.0 Å². The number of nitrogens with zero attached hydrogens (tertiary/aromatic N) is 4. The van der Waals surface area contributed by atoms with Gasteiger partial charge in [-0.2, -0.15) is 0 Å². The zero-order chi connectivity index (χ0) is 25.9. The molecule has 37 heavy (non-hydrogen) atoms. The van der Waals surface area contributed by atoms with E-state index >= 15 is 0 Å². The lowest BCUT2D eigenvalue weighted by molar-refractivity contribution is 0.0541. The van der Waals surface area contributed by atoms with Gasteiger partial charge in [-0.1, -0.05) is 91.0 Å². The standard InChI is InChI=1S/C29H28N6O2/c1-28(2,3)37-27(36)34-33-25-24-26(31-19-30-25)35(20-32-24)29(21-13-7-4-8-14-21,22-15-9-5-10-16-22)23-17-11-6-12-18-23/h4-20H,1-3H3,(H,34,36)(H,30,31,33). The molecular formula is C29H28N6O2. The molecule has 0 atom stereocenters. The van der Waals surface area contributed by atoms with E-state index in [2.05, 4.69) is 61.8 Å². The average molecular weight is 493 g/mol. The number of rotatable bonds is 6. The molecule has 8 heteroatoms. The van der Waals surface area contributed by atoms with Gasteiger partial charge in [-0.15, -0.1) is 0 Å². The molecule has 186 valence electrons. The fourth-order valence-corrected chi connectivity index (χ4v) is 4.54. The van der Waals surface area contributed by atoms with E-state index < -0.39 is 17.2 Å². The Bertz CT molecular complexity index is 1400. The predicted molar refractivity (Wildman–Crippen MR) is 143 cm³/mol. The highest BCUT2D eigenvalue weighted by atomic mass is 16.6. The van der Waals surface area contributed by atoms with Crippen LogP contribution in [0.5, 0.6) is 0 Å². The summed E-state index contributed by atoms with van der Waals surface area (Å²) >= 11 is 0. The molecule has 0 radical (unpaired) electrons. The molecule has 0 saturated heterocycles. The van der Waals surface area contributed by atoms with E-state index in [0.717, 1.165) is 16.7 Å². The molecule has 8 nitrogen and oxygen atoms in total. The van der Waals surface area contributed by atoms with Crippen molar-refractivity contribution in [1.82, 2.24) is 24.9 Å². The molecule has 0 fully saturated rings. The molecule has 0 unspecified atom stereocenters. The first-order valence-electron chi connectivity index (χ1n) is 12.0. The number of ether oxygens (including phenoxy) is 1.